The molecule has 4 unspecified atom stereocenters. The van der Waals surface area contributed by atoms with E-state index >= 15 is 0 Å². The summed E-state index contributed by atoms with van der Waals surface area (Å²) in [6, 6.07) is 0. The Kier molecular flexibility index (Phi) is 3.59. The minimum atomic E-state index is -0.735. The van der Waals surface area contributed by atoms with Gasteiger partial charge in [-0.1, -0.05) is 24.6 Å². The maximum atomic E-state index is 12.1. The van der Waals surface area contributed by atoms with Crippen LogP contribution in [0.2, 0.25) is 0 Å². The fourth-order valence-corrected chi connectivity index (χ4v) is 9.00. The number of hydrogen-bond acceptors (Lipinski definition) is 3. The van der Waals surface area contributed by atoms with Gasteiger partial charge >= 0.3 is 0 Å². The van der Waals surface area contributed by atoms with Crippen molar-refractivity contribution >= 4 is 5.78 Å². The molecule has 4 fully saturated rings. The van der Waals surface area contributed by atoms with E-state index in [0.717, 1.165) is 31.6 Å². The molecule has 1 spiro atoms. The van der Waals surface area contributed by atoms with Crippen LogP contribution in [-0.4, -0.2) is 22.8 Å². The van der Waals surface area contributed by atoms with Gasteiger partial charge in [0.15, 0.2) is 12.1 Å². The summed E-state index contributed by atoms with van der Waals surface area (Å²) in [5, 5.41) is 10.2. The Hall–Kier alpha value is -1.19. The highest BCUT2D eigenvalue weighted by Crippen LogP contribution is 2.79. The molecular weight excluding hydrogens is 348 g/mol. The first-order valence-corrected chi connectivity index (χ1v) is 11.5. The lowest BCUT2D eigenvalue weighted by Gasteiger charge is -2.60. The second kappa shape index (κ2) is 5.70. The molecule has 3 nitrogen and oxygen atoms in total. The molecule has 0 radical (unpaired) electrons. The molecule has 1 N–H and O–H groups in total. The van der Waals surface area contributed by atoms with Crippen LogP contribution in [0.15, 0.2) is 36.5 Å². The van der Waals surface area contributed by atoms with Gasteiger partial charge in [0, 0.05) is 11.8 Å². The minimum absolute atomic E-state index is 0.155. The largest absolute Gasteiger partial charge is 0.365 e. The van der Waals surface area contributed by atoms with Gasteiger partial charge in [-0.2, -0.15) is 0 Å². The van der Waals surface area contributed by atoms with Gasteiger partial charge in [0.1, 0.15) is 0 Å². The molecule has 3 heteroatoms. The first-order valence-electron chi connectivity index (χ1n) is 11.5. The predicted molar refractivity (Wildman–Crippen MR) is 107 cm³/mol. The molecule has 0 aromatic carbocycles. The molecule has 0 aromatic rings. The highest BCUT2D eigenvalue weighted by molar-refractivity contribution is 5.91. The summed E-state index contributed by atoms with van der Waals surface area (Å²) < 4.78 is 6.36. The van der Waals surface area contributed by atoms with Crippen LogP contribution < -0.4 is 0 Å². The third-order valence-electron chi connectivity index (χ3n) is 9.87. The van der Waals surface area contributed by atoms with Crippen LogP contribution in [0.25, 0.3) is 0 Å². The van der Waals surface area contributed by atoms with Crippen LogP contribution >= 0.6 is 0 Å². The Balaban J connectivity index is 1.44. The van der Waals surface area contributed by atoms with Gasteiger partial charge in [-0.3, -0.25) is 4.79 Å². The average Bonchev–Trinajstić information content (AvgIpc) is 3.34. The Morgan fingerprint density at radius 1 is 1.36 bits per heavy atom. The van der Waals surface area contributed by atoms with E-state index in [4.69, 9.17) is 4.74 Å². The second-order valence-corrected chi connectivity index (χ2v) is 10.4. The zero-order valence-corrected chi connectivity index (χ0v) is 16.8. The van der Waals surface area contributed by atoms with E-state index in [1.807, 2.05) is 12.2 Å². The van der Waals surface area contributed by atoms with Crippen molar-refractivity contribution in [2.75, 3.05) is 0 Å². The van der Waals surface area contributed by atoms with E-state index in [2.05, 4.69) is 25.7 Å². The van der Waals surface area contributed by atoms with Crippen molar-refractivity contribution in [2.24, 2.45) is 46.8 Å². The highest BCUT2D eigenvalue weighted by atomic mass is 16.6. The Bertz CT molecular complexity index is 796. The Morgan fingerprint density at radius 3 is 2.93 bits per heavy atom. The van der Waals surface area contributed by atoms with Crippen molar-refractivity contribution in [2.45, 2.75) is 63.8 Å². The van der Waals surface area contributed by atoms with Crippen LogP contribution in [0, 0.1) is 46.8 Å². The van der Waals surface area contributed by atoms with Gasteiger partial charge in [0.05, 0.1) is 5.60 Å². The van der Waals surface area contributed by atoms with E-state index in [0.29, 0.717) is 41.3 Å². The number of hydrogen-bond donors (Lipinski definition) is 1. The van der Waals surface area contributed by atoms with E-state index in [-0.39, 0.29) is 11.0 Å². The first-order chi connectivity index (χ1) is 13.5. The zero-order valence-electron chi connectivity index (χ0n) is 16.8. The van der Waals surface area contributed by atoms with Crippen molar-refractivity contribution in [3.63, 3.8) is 0 Å². The van der Waals surface area contributed by atoms with Gasteiger partial charge in [-0.15, -0.1) is 6.58 Å². The summed E-state index contributed by atoms with van der Waals surface area (Å²) in [4.78, 5) is 12.1. The monoisotopic (exact) mass is 380 g/mol. The van der Waals surface area contributed by atoms with Gasteiger partial charge in [0.2, 0.25) is 0 Å². The third-order valence-corrected chi connectivity index (χ3v) is 9.87. The molecule has 6 rings (SSSR count). The normalized spacial score (nSPS) is 55.9. The van der Waals surface area contributed by atoms with Crippen LogP contribution in [-0.2, 0) is 9.53 Å². The first kappa shape index (κ1) is 17.7. The number of carbonyl (C=O) groups is 1. The quantitative estimate of drug-likeness (QED) is 0.721. The summed E-state index contributed by atoms with van der Waals surface area (Å²) >= 11 is 0. The lowest BCUT2D eigenvalue weighted by atomic mass is 9.46. The summed E-state index contributed by atoms with van der Waals surface area (Å²) in [5.74, 6) is 4.73. The van der Waals surface area contributed by atoms with Crippen LogP contribution in [0.4, 0.5) is 0 Å². The number of aliphatic hydroxyl groups excluding tert-OH is 1. The van der Waals surface area contributed by atoms with Crippen LogP contribution in [0.3, 0.4) is 0 Å². The number of aliphatic hydroxyl groups is 1. The molecule has 4 saturated carbocycles. The number of ketones is 1. The van der Waals surface area contributed by atoms with Crippen molar-refractivity contribution in [3.8, 4) is 0 Å². The van der Waals surface area contributed by atoms with Crippen molar-refractivity contribution < 1.29 is 14.6 Å². The zero-order chi connectivity index (χ0) is 19.3. The molecular formula is C25H32O3. The summed E-state index contributed by atoms with van der Waals surface area (Å²) in [6.07, 6.45) is 15.2. The van der Waals surface area contributed by atoms with Gasteiger partial charge < -0.3 is 9.84 Å². The van der Waals surface area contributed by atoms with Crippen molar-refractivity contribution in [3.05, 3.63) is 36.5 Å². The fourth-order valence-electron chi connectivity index (χ4n) is 9.00. The molecule has 6 aliphatic rings. The number of carbonyl (C=O) groups excluding carboxylic acids is 1. The maximum Gasteiger partial charge on any atom is 0.175 e. The summed E-state index contributed by atoms with van der Waals surface area (Å²) in [7, 11) is 0. The summed E-state index contributed by atoms with van der Waals surface area (Å²) in [5.41, 5.74) is 1.33. The lowest BCUT2D eigenvalue weighted by molar-refractivity contribution is -0.204. The Morgan fingerprint density at radius 2 is 2.21 bits per heavy atom. The standard InChI is InChI=1S/C25H32O3/c1-3-14-11-15-12-16(26)5-6-17(15)18-7-9-24(4-2)23(22(14)18)19-13-20(19)25(24)10-8-21(27)28-25/h3,8,10,12,14,17-23,27H,1,4-7,9,11,13H2,2H3/t14-,17-,18?,19+,20-,21?,22?,23?,24-,25-/m0/s1. The smallest absolute Gasteiger partial charge is 0.175 e. The molecule has 0 saturated heterocycles. The number of ether oxygens (including phenoxy) is 1. The van der Waals surface area contributed by atoms with Gasteiger partial charge in [0.25, 0.3) is 0 Å². The molecule has 10 atom stereocenters. The Labute approximate surface area is 167 Å². The molecule has 0 bridgehead atoms. The lowest BCUT2D eigenvalue weighted by Crippen LogP contribution is -2.57. The van der Waals surface area contributed by atoms with E-state index in [1.165, 1.54) is 24.8 Å². The van der Waals surface area contributed by atoms with E-state index < -0.39 is 6.29 Å². The van der Waals surface area contributed by atoms with Gasteiger partial charge in [-0.05, 0) is 92.1 Å². The maximum absolute atomic E-state index is 12.1. The average molecular weight is 381 g/mol. The third kappa shape index (κ3) is 1.96. The van der Waals surface area contributed by atoms with Crippen molar-refractivity contribution in [1.82, 2.24) is 0 Å². The number of rotatable bonds is 2. The highest BCUT2D eigenvalue weighted by Gasteiger charge is 2.78. The molecule has 5 aliphatic carbocycles. The number of fused-ring (bicyclic) bond motifs is 9. The molecule has 1 heterocycles. The van der Waals surface area contributed by atoms with E-state index in [1.54, 1.807) is 0 Å². The second-order valence-electron chi connectivity index (χ2n) is 10.4. The minimum Gasteiger partial charge on any atom is -0.365 e. The van der Waals surface area contributed by atoms with Gasteiger partial charge in [-0.25, -0.2) is 0 Å². The molecule has 28 heavy (non-hydrogen) atoms. The van der Waals surface area contributed by atoms with Crippen LogP contribution in [0.1, 0.15) is 51.9 Å². The summed E-state index contributed by atoms with van der Waals surface area (Å²) in [6.45, 7) is 6.58. The van der Waals surface area contributed by atoms with Crippen molar-refractivity contribution in [1.29, 1.82) is 0 Å². The fraction of sp³-hybridized carbons (Fsp3) is 0.720. The topological polar surface area (TPSA) is 46.5 Å². The molecule has 1 aliphatic heterocycles. The number of allylic oxidation sites excluding steroid dienone is 2. The van der Waals surface area contributed by atoms with E-state index in [9.17, 15) is 9.90 Å². The predicted octanol–water partition coefficient (Wildman–Crippen LogP) is 4.43. The molecule has 0 amide bonds. The SMILES string of the molecule is C=C[C@H]1CC2=CC(=O)CC[C@@H]2C2CC[C@@]3(CC)C(C21)[C@@H]1C[C@@H]1[C@@]31C=CC(O)O1. The van der Waals surface area contributed by atoms with Crippen LogP contribution in [0.5, 0.6) is 0 Å². The molecule has 150 valence electrons. The molecule has 0 aromatic heterocycles.